The van der Waals surface area contributed by atoms with Crippen LogP contribution in [0.2, 0.25) is 5.02 Å². The quantitative estimate of drug-likeness (QED) is 0.912. The van der Waals surface area contributed by atoms with Crippen molar-refractivity contribution >= 4 is 21.4 Å². The summed E-state index contributed by atoms with van der Waals surface area (Å²) in [5, 5.41) is 0.280. The summed E-state index contributed by atoms with van der Waals surface area (Å²) in [5.41, 5.74) is 6.38. The molecule has 2 N–H and O–H groups in total. The maximum absolute atomic E-state index is 11.7. The Kier molecular flexibility index (Phi) is 2.88. The normalized spacial score (nSPS) is 17.9. The molecule has 1 fully saturated rings. The Morgan fingerprint density at radius 1 is 1.41 bits per heavy atom. The molecule has 17 heavy (non-hydrogen) atoms. The molecule has 1 aromatic rings. The molecule has 6 heteroatoms. The van der Waals surface area contributed by atoms with E-state index in [-0.39, 0.29) is 15.7 Å². The minimum atomic E-state index is -3.39. The number of sulfone groups is 1. The monoisotopic (exact) mass is 275 g/mol. The Balaban J connectivity index is 2.67. The van der Waals surface area contributed by atoms with Gasteiger partial charge in [-0.15, -0.1) is 0 Å². The predicted molar refractivity (Wildman–Crippen MR) is 66.2 cm³/mol. The minimum absolute atomic E-state index is 0.0965. The second-order valence-corrected chi connectivity index (χ2v) is 6.81. The fourth-order valence-corrected chi connectivity index (χ4v) is 2.98. The van der Waals surface area contributed by atoms with Gasteiger partial charge in [0.1, 0.15) is 4.90 Å². The molecule has 0 heterocycles. The van der Waals surface area contributed by atoms with E-state index in [9.17, 15) is 8.42 Å². The van der Waals surface area contributed by atoms with Crippen molar-refractivity contribution in [1.29, 1.82) is 0 Å². The Hall–Kier alpha value is -0.780. The molecule has 0 amide bonds. The van der Waals surface area contributed by atoms with Crippen molar-refractivity contribution in [3.8, 4) is 5.75 Å². The molecular formula is C11H14ClNO3S. The van der Waals surface area contributed by atoms with E-state index in [0.29, 0.717) is 0 Å². The summed E-state index contributed by atoms with van der Waals surface area (Å²) in [5.74, 6) is 0.183. The molecular weight excluding hydrogens is 262 g/mol. The highest BCUT2D eigenvalue weighted by molar-refractivity contribution is 7.90. The molecule has 1 aromatic carbocycles. The van der Waals surface area contributed by atoms with Crippen LogP contribution in [0.3, 0.4) is 0 Å². The van der Waals surface area contributed by atoms with Crippen molar-refractivity contribution < 1.29 is 13.2 Å². The van der Waals surface area contributed by atoms with E-state index in [1.807, 2.05) is 0 Å². The fraction of sp³-hybridized carbons (Fsp3) is 0.455. The molecule has 0 aromatic heterocycles. The van der Waals surface area contributed by atoms with Gasteiger partial charge in [0, 0.05) is 11.8 Å². The Morgan fingerprint density at radius 3 is 2.41 bits per heavy atom. The van der Waals surface area contributed by atoms with Crippen LogP contribution in [0, 0.1) is 0 Å². The summed E-state index contributed by atoms with van der Waals surface area (Å²) in [6.45, 7) is 0. The highest BCUT2D eigenvalue weighted by atomic mass is 35.5. The van der Waals surface area contributed by atoms with Gasteiger partial charge in [-0.3, -0.25) is 0 Å². The van der Waals surface area contributed by atoms with Crippen LogP contribution in [0.5, 0.6) is 5.75 Å². The van der Waals surface area contributed by atoms with Crippen molar-refractivity contribution in [1.82, 2.24) is 0 Å². The first-order valence-corrected chi connectivity index (χ1v) is 7.42. The zero-order chi connectivity index (χ0) is 12.8. The number of benzene rings is 1. The van der Waals surface area contributed by atoms with E-state index in [1.165, 1.54) is 7.11 Å². The summed E-state index contributed by atoms with van der Waals surface area (Å²) in [6, 6.07) is 3.25. The summed E-state index contributed by atoms with van der Waals surface area (Å²) in [7, 11) is -1.99. The molecule has 1 aliphatic rings. The van der Waals surface area contributed by atoms with Gasteiger partial charge in [-0.1, -0.05) is 11.6 Å². The first kappa shape index (κ1) is 12.7. The number of ether oxygens (including phenoxy) is 1. The van der Waals surface area contributed by atoms with Crippen LogP contribution in [0.1, 0.15) is 18.4 Å². The van der Waals surface area contributed by atoms with Gasteiger partial charge in [-0.25, -0.2) is 8.42 Å². The average molecular weight is 276 g/mol. The molecule has 0 saturated heterocycles. The van der Waals surface area contributed by atoms with Gasteiger partial charge in [0.05, 0.1) is 12.1 Å². The Labute approximate surface area is 106 Å². The zero-order valence-electron chi connectivity index (χ0n) is 9.66. The number of nitrogens with two attached hydrogens (primary N) is 1. The molecule has 94 valence electrons. The van der Waals surface area contributed by atoms with Crippen LogP contribution in [-0.4, -0.2) is 21.8 Å². The molecule has 0 aliphatic heterocycles. The van der Waals surface area contributed by atoms with Gasteiger partial charge in [-0.2, -0.15) is 0 Å². The summed E-state index contributed by atoms with van der Waals surface area (Å²) in [4.78, 5) is 0.0965. The largest absolute Gasteiger partial charge is 0.494 e. The molecule has 1 aliphatic carbocycles. The fourth-order valence-electron chi connectivity index (χ4n) is 1.75. The molecule has 1 saturated carbocycles. The highest BCUT2D eigenvalue weighted by Crippen LogP contribution is 2.46. The van der Waals surface area contributed by atoms with E-state index < -0.39 is 15.4 Å². The van der Waals surface area contributed by atoms with Crippen LogP contribution in [0.15, 0.2) is 17.0 Å². The first-order valence-electron chi connectivity index (χ1n) is 5.15. The predicted octanol–water partition coefficient (Wildman–Crippen LogP) is 1.70. The van der Waals surface area contributed by atoms with Crippen molar-refractivity contribution in [2.75, 3.05) is 13.4 Å². The molecule has 0 radical (unpaired) electrons. The van der Waals surface area contributed by atoms with Gasteiger partial charge in [-0.05, 0) is 30.5 Å². The lowest BCUT2D eigenvalue weighted by Gasteiger charge is -2.15. The second-order valence-electron chi connectivity index (χ2n) is 4.42. The summed E-state index contributed by atoms with van der Waals surface area (Å²) < 4.78 is 28.4. The maximum atomic E-state index is 11.7. The molecule has 0 atom stereocenters. The topological polar surface area (TPSA) is 69.4 Å². The van der Waals surface area contributed by atoms with Crippen LogP contribution < -0.4 is 10.5 Å². The van der Waals surface area contributed by atoms with Crippen molar-refractivity contribution in [3.05, 3.63) is 22.7 Å². The number of halogens is 1. The summed E-state index contributed by atoms with van der Waals surface area (Å²) >= 11 is 6.03. The lowest BCUT2D eigenvalue weighted by atomic mass is 10.1. The molecule has 0 unspecified atom stereocenters. The van der Waals surface area contributed by atoms with Crippen molar-refractivity contribution in [3.63, 3.8) is 0 Å². The molecule has 4 nitrogen and oxygen atoms in total. The maximum Gasteiger partial charge on any atom is 0.179 e. The third-order valence-corrected chi connectivity index (χ3v) is 4.36. The molecule has 2 rings (SSSR count). The third-order valence-electron chi connectivity index (χ3n) is 2.98. The van der Waals surface area contributed by atoms with Gasteiger partial charge < -0.3 is 10.5 Å². The third kappa shape index (κ3) is 2.27. The minimum Gasteiger partial charge on any atom is -0.494 e. The van der Waals surface area contributed by atoms with Crippen LogP contribution >= 0.6 is 11.6 Å². The Bertz CT molecular complexity index is 564. The number of rotatable bonds is 3. The van der Waals surface area contributed by atoms with Crippen LogP contribution in [0.4, 0.5) is 0 Å². The molecule has 0 bridgehead atoms. The SMILES string of the molecule is COc1c(Cl)cc(C2(N)CC2)cc1S(C)(=O)=O. The Morgan fingerprint density at radius 2 is 2.00 bits per heavy atom. The average Bonchev–Trinajstić information content (AvgIpc) is 2.95. The second kappa shape index (κ2) is 3.86. The highest BCUT2D eigenvalue weighted by Gasteiger charge is 2.41. The van der Waals surface area contributed by atoms with E-state index in [4.69, 9.17) is 22.1 Å². The van der Waals surface area contributed by atoms with Crippen molar-refractivity contribution in [2.24, 2.45) is 5.73 Å². The number of hydrogen-bond donors (Lipinski definition) is 1. The van der Waals surface area contributed by atoms with E-state index in [0.717, 1.165) is 24.7 Å². The molecule has 0 spiro atoms. The van der Waals surface area contributed by atoms with Crippen molar-refractivity contribution in [2.45, 2.75) is 23.3 Å². The van der Waals surface area contributed by atoms with E-state index >= 15 is 0 Å². The van der Waals surface area contributed by atoms with Gasteiger partial charge in [0.15, 0.2) is 15.6 Å². The summed E-state index contributed by atoms with van der Waals surface area (Å²) in [6.07, 6.45) is 2.82. The van der Waals surface area contributed by atoms with E-state index in [2.05, 4.69) is 0 Å². The van der Waals surface area contributed by atoms with Crippen LogP contribution in [-0.2, 0) is 15.4 Å². The first-order chi connectivity index (χ1) is 7.78. The van der Waals surface area contributed by atoms with Crippen LogP contribution in [0.25, 0.3) is 0 Å². The standard InChI is InChI=1S/C11H14ClNO3S/c1-16-10-8(12)5-7(11(13)3-4-11)6-9(10)17(2,14)15/h5-6H,3-4,13H2,1-2H3. The van der Waals surface area contributed by atoms with Gasteiger partial charge in [0.2, 0.25) is 0 Å². The number of hydrogen-bond acceptors (Lipinski definition) is 4. The lowest BCUT2D eigenvalue weighted by Crippen LogP contribution is -2.19. The zero-order valence-corrected chi connectivity index (χ0v) is 11.2. The van der Waals surface area contributed by atoms with Gasteiger partial charge >= 0.3 is 0 Å². The smallest absolute Gasteiger partial charge is 0.179 e. The lowest BCUT2D eigenvalue weighted by molar-refractivity contribution is 0.402. The van der Waals surface area contributed by atoms with Gasteiger partial charge in [0.25, 0.3) is 0 Å². The number of methoxy groups -OCH3 is 1. The van der Waals surface area contributed by atoms with E-state index in [1.54, 1.807) is 12.1 Å².